The standard InChI is InChI=1S/C15H26N4O/c1-5-16-13-10-14(18-15(17-13)12-6-7-12)19(4)8-9-20-11(2)3/h10-12H,5-9H2,1-4H3,(H,16,17,18). The Balaban J connectivity index is 2.04. The van der Waals surface area contributed by atoms with E-state index < -0.39 is 0 Å². The highest BCUT2D eigenvalue weighted by atomic mass is 16.5. The molecule has 0 saturated heterocycles. The Bertz CT molecular complexity index is 432. The van der Waals surface area contributed by atoms with Crippen molar-refractivity contribution in [1.82, 2.24) is 9.97 Å². The molecule has 0 spiro atoms. The van der Waals surface area contributed by atoms with E-state index in [0.29, 0.717) is 12.5 Å². The van der Waals surface area contributed by atoms with E-state index in [1.165, 1.54) is 12.8 Å². The van der Waals surface area contributed by atoms with Gasteiger partial charge in [-0.2, -0.15) is 0 Å². The van der Waals surface area contributed by atoms with Crippen LogP contribution >= 0.6 is 0 Å². The summed E-state index contributed by atoms with van der Waals surface area (Å²) in [5.74, 6) is 3.45. The second kappa shape index (κ2) is 6.88. The van der Waals surface area contributed by atoms with Gasteiger partial charge in [-0.25, -0.2) is 9.97 Å². The van der Waals surface area contributed by atoms with Crippen LogP contribution in [0.1, 0.15) is 45.4 Å². The van der Waals surface area contributed by atoms with Gasteiger partial charge in [0.25, 0.3) is 0 Å². The van der Waals surface area contributed by atoms with Crippen LogP contribution in [0.4, 0.5) is 11.6 Å². The minimum Gasteiger partial charge on any atom is -0.377 e. The van der Waals surface area contributed by atoms with Crippen LogP contribution < -0.4 is 10.2 Å². The highest BCUT2D eigenvalue weighted by Crippen LogP contribution is 2.39. The molecule has 5 nitrogen and oxygen atoms in total. The summed E-state index contributed by atoms with van der Waals surface area (Å²) in [6.07, 6.45) is 2.71. The molecule has 1 aliphatic carbocycles. The quantitative estimate of drug-likeness (QED) is 0.792. The molecule has 0 aromatic carbocycles. The molecular weight excluding hydrogens is 252 g/mol. The Morgan fingerprint density at radius 1 is 1.40 bits per heavy atom. The lowest BCUT2D eigenvalue weighted by atomic mass is 10.3. The van der Waals surface area contributed by atoms with Crippen molar-refractivity contribution in [2.24, 2.45) is 0 Å². The summed E-state index contributed by atoms with van der Waals surface area (Å²) in [4.78, 5) is 11.4. The third kappa shape index (κ3) is 4.34. The van der Waals surface area contributed by atoms with E-state index in [1.807, 2.05) is 6.07 Å². The normalized spacial score (nSPS) is 14.7. The van der Waals surface area contributed by atoms with Gasteiger partial charge in [-0.3, -0.25) is 0 Å². The van der Waals surface area contributed by atoms with Crippen LogP contribution in [0.25, 0.3) is 0 Å². The third-order valence-corrected chi connectivity index (χ3v) is 3.30. The summed E-state index contributed by atoms with van der Waals surface area (Å²) < 4.78 is 5.60. The molecule has 1 aromatic heterocycles. The van der Waals surface area contributed by atoms with Crippen molar-refractivity contribution in [3.63, 3.8) is 0 Å². The molecule has 0 bridgehead atoms. The van der Waals surface area contributed by atoms with Gasteiger partial charge in [-0.1, -0.05) is 0 Å². The highest BCUT2D eigenvalue weighted by molar-refractivity contribution is 5.49. The number of anilines is 2. The van der Waals surface area contributed by atoms with E-state index in [0.717, 1.165) is 30.5 Å². The molecule has 0 atom stereocenters. The summed E-state index contributed by atoms with van der Waals surface area (Å²) in [6, 6.07) is 2.02. The Morgan fingerprint density at radius 3 is 2.75 bits per heavy atom. The first kappa shape index (κ1) is 15.0. The maximum Gasteiger partial charge on any atom is 0.136 e. The highest BCUT2D eigenvalue weighted by Gasteiger charge is 2.27. The summed E-state index contributed by atoms with van der Waals surface area (Å²) >= 11 is 0. The smallest absolute Gasteiger partial charge is 0.136 e. The zero-order valence-corrected chi connectivity index (χ0v) is 13.0. The van der Waals surface area contributed by atoms with E-state index in [1.54, 1.807) is 0 Å². The van der Waals surface area contributed by atoms with Crippen molar-refractivity contribution < 1.29 is 4.74 Å². The summed E-state index contributed by atoms with van der Waals surface area (Å²) in [7, 11) is 2.05. The number of aromatic nitrogens is 2. The lowest BCUT2D eigenvalue weighted by Crippen LogP contribution is -2.25. The SMILES string of the molecule is CCNc1cc(N(C)CCOC(C)C)nc(C2CC2)n1. The Kier molecular flexibility index (Phi) is 5.17. The molecular formula is C15H26N4O. The maximum atomic E-state index is 5.60. The predicted molar refractivity (Wildman–Crippen MR) is 82.5 cm³/mol. The molecule has 0 radical (unpaired) electrons. The first-order valence-electron chi connectivity index (χ1n) is 7.55. The van der Waals surface area contributed by atoms with Gasteiger partial charge in [0.1, 0.15) is 17.5 Å². The van der Waals surface area contributed by atoms with Crippen molar-refractivity contribution in [3.8, 4) is 0 Å². The summed E-state index contributed by atoms with van der Waals surface area (Å²) in [5, 5.41) is 3.29. The molecule has 0 amide bonds. The van der Waals surface area contributed by atoms with Crippen LogP contribution in [0, 0.1) is 0 Å². The molecule has 1 aliphatic rings. The Hall–Kier alpha value is -1.36. The largest absolute Gasteiger partial charge is 0.377 e. The molecule has 1 aromatic rings. The number of hydrogen-bond donors (Lipinski definition) is 1. The minimum absolute atomic E-state index is 0.271. The first-order chi connectivity index (χ1) is 9.60. The third-order valence-electron chi connectivity index (χ3n) is 3.30. The van der Waals surface area contributed by atoms with Gasteiger partial charge in [0.15, 0.2) is 0 Å². The van der Waals surface area contributed by atoms with Crippen LogP contribution in [0.5, 0.6) is 0 Å². The van der Waals surface area contributed by atoms with Crippen LogP contribution in [0.15, 0.2) is 6.07 Å². The average molecular weight is 278 g/mol. The minimum atomic E-state index is 0.271. The van der Waals surface area contributed by atoms with Gasteiger partial charge in [0.05, 0.1) is 12.7 Å². The second-order valence-corrected chi connectivity index (χ2v) is 5.62. The average Bonchev–Trinajstić information content (AvgIpc) is 3.22. The number of likely N-dealkylation sites (N-methyl/N-ethyl adjacent to an activating group) is 1. The molecule has 1 N–H and O–H groups in total. The fourth-order valence-electron chi connectivity index (χ4n) is 1.98. The molecule has 1 fully saturated rings. The van der Waals surface area contributed by atoms with Crippen molar-refractivity contribution in [2.45, 2.75) is 45.6 Å². The van der Waals surface area contributed by atoms with Gasteiger partial charge >= 0.3 is 0 Å². The molecule has 0 aliphatic heterocycles. The van der Waals surface area contributed by atoms with Gasteiger partial charge < -0.3 is 15.0 Å². The van der Waals surface area contributed by atoms with E-state index in [9.17, 15) is 0 Å². The summed E-state index contributed by atoms with van der Waals surface area (Å²) in [6.45, 7) is 8.62. The van der Waals surface area contributed by atoms with Gasteiger partial charge in [-0.15, -0.1) is 0 Å². The van der Waals surface area contributed by atoms with Crippen molar-refractivity contribution in [1.29, 1.82) is 0 Å². The monoisotopic (exact) mass is 278 g/mol. The van der Waals surface area contributed by atoms with Gasteiger partial charge in [0, 0.05) is 32.1 Å². The molecule has 5 heteroatoms. The van der Waals surface area contributed by atoms with Gasteiger partial charge in [0.2, 0.25) is 0 Å². The lowest BCUT2D eigenvalue weighted by Gasteiger charge is -2.20. The Morgan fingerprint density at radius 2 is 2.15 bits per heavy atom. The zero-order valence-electron chi connectivity index (χ0n) is 13.0. The van der Waals surface area contributed by atoms with Crippen molar-refractivity contribution >= 4 is 11.6 Å². The number of nitrogens with one attached hydrogen (secondary N) is 1. The van der Waals surface area contributed by atoms with Gasteiger partial charge in [-0.05, 0) is 33.6 Å². The van der Waals surface area contributed by atoms with E-state index in [-0.39, 0.29) is 6.10 Å². The maximum absolute atomic E-state index is 5.60. The van der Waals surface area contributed by atoms with Crippen LogP contribution in [0.2, 0.25) is 0 Å². The zero-order chi connectivity index (χ0) is 14.5. The Labute approximate surface area is 121 Å². The van der Waals surface area contributed by atoms with E-state index in [4.69, 9.17) is 9.72 Å². The first-order valence-corrected chi connectivity index (χ1v) is 7.55. The number of nitrogens with zero attached hydrogens (tertiary/aromatic N) is 3. The molecule has 112 valence electrons. The topological polar surface area (TPSA) is 50.3 Å². The fourth-order valence-corrected chi connectivity index (χ4v) is 1.98. The molecule has 1 heterocycles. The molecule has 0 unspecified atom stereocenters. The number of ether oxygens (including phenoxy) is 1. The molecule has 20 heavy (non-hydrogen) atoms. The molecule has 1 saturated carbocycles. The number of rotatable bonds is 8. The second-order valence-electron chi connectivity index (χ2n) is 5.62. The lowest BCUT2D eigenvalue weighted by molar-refractivity contribution is 0.0845. The number of hydrogen-bond acceptors (Lipinski definition) is 5. The summed E-state index contributed by atoms with van der Waals surface area (Å²) in [5.41, 5.74) is 0. The van der Waals surface area contributed by atoms with E-state index >= 15 is 0 Å². The van der Waals surface area contributed by atoms with Crippen molar-refractivity contribution in [2.75, 3.05) is 37.0 Å². The van der Waals surface area contributed by atoms with Crippen molar-refractivity contribution in [3.05, 3.63) is 11.9 Å². The van der Waals surface area contributed by atoms with Crippen LogP contribution in [-0.2, 0) is 4.74 Å². The predicted octanol–water partition coefficient (Wildman–Crippen LogP) is 2.65. The molecule has 2 rings (SSSR count). The van der Waals surface area contributed by atoms with Crippen LogP contribution in [0.3, 0.4) is 0 Å². The van der Waals surface area contributed by atoms with Crippen LogP contribution in [-0.4, -0.2) is 42.8 Å². The van der Waals surface area contributed by atoms with E-state index in [2.05, 4.69) is 43.0 Å². The fraction of sp³-hybridized carbons (Fsp3) is 0.733.